The number of nitrogens with one attached hydrogen (secondary N) is 3. The van der Waals surface area contributed by atoms with E-state index < -0.39 is 17.1 Å². The number of rotatable bonds is 3. The first-order valence-electron chi connectivity index (χ1n) is 6.96. The van der Waals surface area contributed by atoms with Gasteiger partial charge in [-0.3, -0.25) is 15.0 Å². The zero-order valence-corrected chi connectivity index (χ0v) is 12.5. The van der Waals surface area contributed by atoms with Crippen LogP contribution in [0.3, 0.4) is 0 Å². The van der Waals surface area contributed by atoms with Crippen LogP contribution >= 0.6 is 0 Å². The Morgan fingerprint density at radius 3 is 2.12 bits per heavy atom. The fourth-order valence-corrected chi connectivity index (χ4v) is 1.91. The van der Waals surface area contributed by atoms with Gasteiger partial charge in [0.1, 0.15) is 5.82 Å². The van der Waals surface area contributed by atoms with Crippen LogP contribution in [0.25, 0.3) is 11.4 Å². The lowest BCUT2D eigenvalue weighted by Gasteiger charge is -2.04. The van der Waals surface area contributed by atoms with E-state index in [4.69, 9.17) is 5.26 Å². The second-order valence-electron chi connectivity index (χ2n) is 4.58. The maximum absolute atomic E-state index is 10.2. The van der Waals surface area contributed by atoms with Crippen LogP contribution in [0.5, 0.6) is 0 Å². The first-order chi connectivity index (χ1) is 11.6. The zero-order chi connectivity index (χ0) is 17.4. The normalized spacial score (nSPS) is 9.62. The SMILES string of the molecule is N#CCCn1ccnc1-c1ccccc1.O=c1[nH]c(=O)[nH]c(=O)[nH]1. The number of aromatic amines is 3. The fourth-order valence-electron chi connectivity index (χ4n) is 1.91. The number of imidazole rings is 1. The third-order valence-electron chi connectivity index (χ3n) is 2.89. The van der Waals surface area contributed by atoms with Gasteiger partial charge in [0.2, 0.25) is 0 Å². The van der Waals surface area contributed by atoms with Gasteiger partial charge in [0, 0.05) is 24.5 Å². The van der Waals surface area contributed by atoms with E-state index >= 15 is 0 Å². The van der Waals surface area contributed by atoms with E-state index in [-0.39, 0.29) is 0 Å². The van der Waals surface area contributed by atoms with E-state index in [1.807, 2.05) is 41.1 Å². The first-order valence-corrected chi connectivity index (χ1v) is 6.96. The highest BCUT2D eigenvalue weighted by molar-refractivity contribution is 5.55. The molecule has 0 atom stereocenters. The molecule has 9 heteroatoms. The molecule has 24 heavy (non-hydrogen) atoms. The van der Waals surface area contributed by atoms with E-state index in [0.29, 0.717) is 13.0 Å². The van der Waals surface area contributed by atoms with Crippen LogP contribution < -0.4 is 17.1 Å². The summed E-state index contributed by atoms with van der Waals surface area (Å²) >= 11 is 0. The van der Waals surface area contributed by atoms with Gasteiger partial charge in [-0.1, -0.05) is 30.3 Å². The second-order valence-corrected chi connectivity index (χ2v) is 4.58. The quantitative estimate of drug-likeness (QED) is 0.631. The third kappa shape index (κ3) is 4.67. The summed E-state index contributed by atoms with van der Waals surface area (Å²) in [4.78, 5) is 40.2. The molecule has 0 saturated carbocycles. The number of nitriles is 1. The molecule has 0 unspecified atom stereocenters. The van der Waals surface area contributed by atoms with Crippen molar-refractivity contribution >= 4 is 0 Å². The van der Waals surface area contributed by atoms with Crippen LogP contribution in [-0.2, 0) is 6.54 Å². The average molecular weight is 326 g/mol. The number of benzene rings is 1. The first kappa shape index (κ1) is 16.7. The second kappa shape index (κ2) is 8.09. The van der Waals surface area contributed by atoms with Crippen LogP contribution in [0.2, 0.25) is 0 Å². The lowest BCUT2D eigenvalue weighted by Crippen LogP contribution is -2.34. The maximum atomic E-state index is 10.2. The van der Waals surface area contributed by atoms with Crippen molar-refractivity contribution in [1.82, 2.24) is 24.5 Å². The Morgan fingerprint density at radius 1 is 1.00 bits per heavy atom. The molecule has 0 aliphatic heterocycles. The van der Waals surface area contributed by atoms with Gasteiger partial charge in [0.05, 0.1) is 12.5 Å². The standard InChI is InChI=1S/C12H11N3.C3H3N3O3/c13-7-4-9-15-10-8-14-12(15)11-5-2-1-3-6-11;7-1-4-2(8)6-3(9)5-1/h1-3,5-6,8,10H,4,9H2;(H3,4,5,6,7,8,9). The Balaban J connectivity index is 0.000000198. The Morgan fingerprint density at radius 2 is 1.58 bits per heavy atom. The molecule has 0 fully saturated rings. The van der Waals surface area contributed by atoms with E-state index in [1.54, 1.807) is 21.1 Å². The Hall–Kier alpha value is -3.67. The molecule has 0 radical (unpaired) electrons. The Labute approximate surface area is 135 Å². The van der Waals surface area contributed by atoms with Gasteiger partial charge >= 0.3 is 17.1 Å². The van der Waals surface area contributed by atoms with Crippen molar-refractivity contribution in [3.05, 3.63) is 74.2 Å². The molecule has 0 saturated heterocycles. The highest BCUT2D eigenvalue weighted by Gasteiger charge is 2.03. The molecule has 2 aromatic heterocycles. The number of aryl methyl sites for hydroxylation is 1. The number of nitrogens with zero attached hydrogens (tertiary/aromatic N) is 3. The third-order valence-corrected chi connectivity index (χ3v) is 2.89. The summed E-state index contributed by atoms with van der Waals surface area (Å²) in [6.07, 6.45) is 4.18. The monoisotopic (exact) mass is 326 g/mol. The molecule has 0 spiro atoms. The van der Waals surface area contributed by atoms with Crippen molar-refractivity contribution in [2.75, 3.05) is 0 Å². The highest BCUT2D eigenvalue weighted by Crippen LogP contribution is 2.16. The van der Waals surface area contributed by atoms with Gasteiger partial charge in [-0.05, 0) is 0 Å². The smallest absolute Gasteiger partial charge is 0.330 e. The van der Waals surface area contributed by atoms with Gasteiger partial charge in [-0.25, -0.2) is 19.4 Å². The minimum atomic E-state index is -0.802. The van der Waals surface area contributed by atoms with Crippen molar-refractivity contribution < 1.29 is 0 Å². The summed E-state index contributed by atoms with van der Waals surface area (Å²) in [5, 5.41) is 8.54. The van der Waals surface area contributed by atoms with Gasteiger partial charge in [0.25, 0.3) is 0 Å². The average Bonchev–Trinajstić information content (AvgIpc) is 3.01. The molecule has 122 valence electrons. The van der Waals surface area contributed by atoms with Crippen LogP contribution in [-0.4, -0.2) is 24.5 Å². The van der Waals surface area contributed by atoms with E-state index in [9.17, 15) is 14.4 Å². The highest BCUT2D eigenvalue weighted by atomic mass is 16.2. The fraction of sp³-hybridized carbons (Fsp3) is 0.133. The van der Waals surface area contributed by atoms with E-state index in [2.05, 4.69) is 11.1 Å². The summed E-state index contributed by atoms with van der Waals surface area (Å²) in [6, 6.07) is 12.1. The topological polar surface area (TPSA) is 140 Å². The van der Waals surface area contributed by atoms with Crippen molar-refractivity contribution in [1.29, 1.82) is 5.26 Å². The molecule has 2 heterocycles. The molecule has 1 aromatic carbocycles. The molecule has 0 aliphatic carbocycles. The lowest BCUT2D eigenvalue weighted by molar-refractivity contribution is 0.723. The summed E-state index contributed by atoms with van der Waals surface area (Å²) in [7, 11) is 0. The molecule has 3 rings (SSSR count). The van der Waals surface area contributed by atoms with E-state index in [1.165, 1.54) is 0 Å². The number of H-pyrrole nitrogens is 3. The minimum Gasteiger partial charge on any atom is -0.330 e. The van der Waals surface area contributed by atoms with Gasteiger partial charge in [0.15, 0.2) is 0 Å². The number of hydrogen-bond acceptors (Lipinski definition) is 5. The predicted molar refractivity (Wildman–Crippen MR) is 86.2 cm³/mol. The number of hydrogen-bond donors (Lipinski definition) is 3. The van der Waals surface area contributed by atoms with E-state index in [0.717, 1.165) is 11.4 Å². The Kier molecular flexibility index (Phi) is 5.63. The van der Waals surface area contributed by atoms with Gasteiger partial charge in [-0.2, -0.15) is 5.26 Å². The molecule has 0 bridgehead atoms. The summed E-state index contributed by atoms with van der Waals surface area (Å²) in [5.74, 6) is 0.922. The molecule has 3 aromatic rings. The van der Waals surface area contributed by atoms with Crippen LogP contribution in [0, 0.1) is 11.3 Å². The number of aromatic nitrogens is 5. The van der Waals surface area contributed by atoms with Crippen LogP contribution in [0.15, 0.2) is 57.1 Å². The molecule has 0 aliphatic rings. The summed E-state index contributed by atoms with van der Waals surface area (Å²) in [5.41, 5.74) is -1.32. The minimum absolute atomic E-state index is 0.510. The zero-order valence-electron chi connectivity index (χ0n) is 12.5. The van der Waals surface area contributed by atoms with Gasteiger partial charge in [-0.15, -0.1) is 0 Å². The summed E-state index contributed by atoms with van der Waals surface area (Å²) in [6.45, 7) is 0.695. The van der Waals surface area contributed by atoms with Crippen molar-refractivity contribution in [2.45, 2.75) is 13.0 Å². The summed E-state index contributed by atoms with van der Waals surface area (Å²) < 4.78 is 2.00. The van der Waals surface area contributed by atoms with Gasteiger partial charge < -0.3 is 4.57 Å². The lowest BCUT2D eigenvalue weighted by atomic mass is 10.2. The van der Waals surface area contributed by atoms with Crippen molar-refractivity contribution in [3.63, 3.8) is 0 Å². The molecule has 0 amide bonds. The largest absolute Gasteiger partial charge is 0.330 e. The van der Waals surface area contributed by atoms with Crippen LogP contribution in [0.1, 0.15) is 6.42 Å². The van der Waals surface area contributed by atoms with Crippen LogP contribution in [0.4, 0.5) is 0 Å². The maximum Gasteiger partial charge on any atom is 0.330 e. The molecule has 9 nitrogen and oxygen atoms in total. The van der Waals surface area contributed by atoms with Crippen molar-refractivity contribution in [2.24, 2.45) is 0 Å². The van der Waals surface area contributed by atoms with Crippen molar-refractivity contribution in [3.8, 4) is 17.5 Å². The molecular weight excluding hydrogens is 312 g/mol. The molecular formula is C15H14N6O3. The molecule has 3 N–H and O–H groups in total. The Bertz CT molecular complexity index is 912. The predicted octanol–water partition coefficient (Wildman–Crippen LogP) is 0.215.